The van der Waals surface area contributed by atoms with Crippen molar-refractivity contribution in [2.75, 3.05) is 12.9 Å². The third-order valence-corrected chi connectivity index (χ3v) is 8.80. The first-order valence-corrected chi connectivity index (χ1v) is 15.7. The van der Waals surface area contributed by atoms with E-state index in [-0.39, 0.29) is 42.7 Å². The molecule has 10 nitrogen and oxygen atoms in total. The Labute approximate surface area is 253 Å². The molecular weight excluding hydrogens is 588 g/mol. The molecule has 2 atom stereocenters. The number of nitrogens with one attached hydrogen (secondary N) is 1. The SMILES string of the molecule is CCOC(=O)[C@H](C)OP(=O)(CNC(=O)c1c2c(c(C)c3ncccc13)C(=O)N(Cc1ccc(F)cc1)C2)Oc1ccccc1. The van der Waals surface area contributed by atoms with Gasteiger partial charge in [0.1, 0.15) is 17.9 Å². The van der Waals surface area contributed by atoms with E-state index < -0.39 is 31.9 Å². The van der Waals surface area contributed by atoms with E-state index in [9.17, 15) is 23.3 Å². The Morgan fingerprint density at radius 3 is 2.52 bits per heavy atom. The number of carbonyl (C=O) groups excluding carboxylic acids is 3. The van der Waals surface area contributed by atoms with Gasteiger partial charge >= 0.3 is 13.6 Å². The average molecular weight is 620 g/mol. The topological polar surface area (TPSA) is 124 Å². The van der Waals surface area contributed by atoms with Gasteiger partial charge in [-0.25, -0.2) is 13.8 Å². The van der Waals surface area contributed by atoms with Crippen molar-refractivity contribution in [1.29, 1.82) is 0 Å². The molecule has 0 fully saturated rings. The highest BCUT2D eigenvalue weighted by Crippen LogP contribution is 2.48. The molecule has 0 aliphatic carbocycles. The van der Waals surface area contributed by atoms with E-state index in [2.05, 4.69) is 10.3 Å². The number of nitrogens with zero attached hydrogens (tertiary/aromatic N) is 2. The zero-order chi connectivity index (χ0) is 31.4. The predicted molar refractivity (Wildman–Crippen MR) is 161 cm³/mol. The number of rotatable bonds is 11. The second-order valence-corrected chi connectivity index (χ2v) is 12.2. The van der Waals surface area contributed by atoms with Gasteiger partial charge in [-0.15, -0.1) is 0 Å². The van der Waals surface area contributed by atoms with Crippen molar-refractivity contribution in [2.24, 2.45) is 0 Å². The number of ether oxygens (including phenoxy) is 1. The summed E-state index contributed by atoms with van der Waals surface area (Å²) >= 11 is 0. The van der Waals surface area contributed by atoms with Crippen molar-refractivity contribution < 1.29 is 37.1 Å². The summed E-state index contributed by atoms with van der Waals surface area (Å²) < 4.78 is 43.7. The number of hydrogen-bond acceptors (Lipinski definition) is 8. The van der Waals surface area contributed by atoms with Crippen LogP contribution in [-0.4, -0.2) is 46.7 Å². The molecule has 2 heterocycles. The van der Waals surface area contributed by atoms with E-state index in [1.807, 2.05) is 0 Å². The molecule has 0 bridgehead atoms. The summed E-state index contributed by atoms with van der Waals surface area (Å²) in [5.74, 6) is -1.81. The van der Waals surface area contributed by atoms with Gasteiger partial charge in [-0.3, -0.25) is 19.1 Å². The van der Waals surface area contributed by atoms with Gasteiger partial charge in [0.25, 0.3) is 11.8 Å². The van der Waals surface area contributed by atoms with Crippen LogP contribution in [0.5, 0.6) is 5.75 Å². The van der Waals surface area contributed by atoms with Crippen molar-refractivity contribution in [3.8, 4) is 5.75 Å². The molecule has 1 aliphatic rings. The van der Waals surface area contributed by atoms with Gasteiger partial charge in [0, 0.05) is 24.7 Å². The highest BCUT2D eigenvalue weighted by Gasteiger charge is 2.37. The van der Waals surface area contributed by atoms with E-state index in [1.165, 1.54) is 19.1 Å². The summed E-state index contributed by atoms with van der Waals surface area (Å²) in [5, 5.41) is 3.17. The van der Waals surface area contributed by atoms with Crippen LogP contribution >= 0.6 is 7.60 Å². The Balaban J connectivity index is 1.47. The molecule has 0 saturated heterocycles. The first-order valence-electron chi connectivity index (χ1n) is 14.0. The molecule has 12 heteroatoms. The van der Waals surface area contributed by atoms with Crippen molar-refractivity contribution in [1.82, 2.24) is 15.2 Å². The minimum atomic E-state index is -4.17. The molecule has 4 aromatic rings. The fourth-order valence-electron chi connectivity index (χ4n) is 5.14. The molecule has 1 aromatic heterocycles. The zero-order valence-corrected chi connectivity index (χ0v) is 25.3. The lowest BCUT2D eigenvalue weighted by Gasteiger charge is -2.23. The predicted octanol–water partition coefficient (Wildman–Crippen LogP) is 5.77. The van der Waals surface area contributed by atoms with Gasteiger partial charge in [-0.05, 0) is 67.8 Å². The molecule has 1 unspecified atom stereocenters. The number of esters is 1. The van der Waals surface area contributed by atoms with Crippen LogP contribution in [0.15, 0.2) is 72.9 Å². The summed E-state index contributed by atoms with van der Waals surface area (Å²) in [5.41, 5.74) is 2.89. The smallest absolute Gasteiger partial charge is 0.399 e. The van der Waals surface area contributed by atoms with E-state index >= 15 is 0 Å². The number of benzene rings is 3. The number of amides is 2. The first kappa shape index (κ1) is 30.8. The van der Waals surface area contributed by atoms with Crippen LogP contribution in [0.4, 0.5) is 4.39 Å². The minimum absolute atomic E-state index is 0.101. The Morgan fingerprint density at radius 2 is 1.82 bits per heavy atom. The summed E-state index contributed by atoms with van der Waals surface area (Å²) in [6.07, 6.45) is -0.249. The van der Waals surface area contributed by atoms with Gasteiger partial charge in [-0.1, -0.05) is 36.4 Å². The molecule has 5 rings (SSSR count). The maximum atomic E-state index is 14.0. The first-order chi connectivity index (χ1) is 21.1. The molecule has 2 amide bonds. The summed E-state index contributed by atoms with van der Waals surface area (Å²) in [4.78, 5) is 45.9. The second kappa shape index (κ2) is 13.0. The Hall–Kier alpha value is -4.60. The molecule has 228 valence electrons. The Kier molecular flexibility index (Phi) is 9.08. The number of pyridine rings is 1. The van der Waals surface area contributed by atoms with Crippen molar-refractivity contribution >= 4 is 36.3 Å². The molecule has 1 aliphatic heterocycles. The Morgan fingerprint density at radius 1 is 1.09 bits per heavy atom. The highest BCUT2D eigenvalue weighted by molar-refractivity contribution is 7.54. The molecular formula is C32H31FN3O7P. The van der Waals surface area contributed by atoms with Crippen molar-refractivity contribution in [2.45, 2.75) is 40.0 Å². The van der Waals surface area contributed by atoms with E-state index in [0.717, 1.165) is 5.56 Å². The molecule has 0 saturated carbocycles. The lowest BCUT2D eigenvalue weighted by molar-refractivity contribution is -0.150. The van der Waals surface area contributed by atoms with E-state index in [0.29, 0.717) is 27.6 Å². The second-order valence-electron chi connectivity index (χ2n) is 10.2. The molecule has 3 aromatic carbocycles. The molecule has 0 spiro atoms. The van der Waals surface area contributed by atoms with Gasteiger partial charge in [-0.2, -0.15) is 0 Å². The summed E-state index contributed by atoms with van der Waals surface area (Å²) in [7, 11) is -4.17. The number of aromatic nitrogens is 1. The van der Waals surface area contributed by atoms with Crippen molar-refractivity contribution in [3.63, 3.8) is 0 Å². The summed E-state index contributed by atoms with van der Waals surface area (Å²) in [6.45, 7) is 5.22. The quantitative estimate of drug-likeness (QED) is 0.166. The molecule has 1 N–H and O–H groups in total. The third-order valence-electron chi connectivity index (χ3n) is 7.13. The van der Waals surface area contributed by atoms with Crippen LogP contribution in [0.2, 0.25) is 0 Å². The Bertz CT molecular complexity index is 1770. The van der Waals surface area contributed by atoms with E-state index in [1.54, 1.807) is 79.5 Å². The van der Waals surface area contributed by atoms with Crippen LogP contribution in [0, 0.1) is 12.7 Å². The number of para-hydroxylation sites is 1. The van der Waals surface area contributed by atoms with Gasteiger partial charge in [0.15, 0.2) is 6.10 Å². The number of carbonyl (C=O) groups is 3. The standard InChI is InChI=1S/C32H31FN3O7P/c1-4-41-32(39)21(3)42-44(40,43-24-9-6-5-7-10-24)19-35-30(37)28-25-11-8-16-34-29(25)20(2)27-26(28)18-36(31(27)38)17-22-12-14-23(33)15-13-22/h5-16,21H,4,17-19H2,1-3H3,(H,35,37)/t21-,44?/m0/s1. The maximum Gasteiger partial charge on any atom is 0.399 e. The largest absolute Gasteiger partial charge is 0.464 e. The van der Waals surface area contributed by atoms with E-state index in [4.69, 9.17) is 13.8 Å². The zero-order valence-electron chi connectivity index (χ0n) is 24.4. The van der Waals surface area contributed by atoms with Crippen LogP contribution in [0.1, 0.15) is 51.3 Å². The normalized spacial score (nSPS) is 14.5. The van der Waals surface area contributed by atoms with Gasteiger partial charge < -0.3 is 19.5 Å². The lowest BCUT2D eigenvalue weighted by Crippen LogP contribution is -2.30. The monoisotopic (exact) mass is 619 g/mol. The number of hydrogen-bond donors (Lipinski definition) is 1. The van der Waals surface area contributed by atoms with Crippen LogP contribution in [-0.2, 0) is 31.7 Å². The van der Waals surface area contributed by atoms with Crippen LogP contribution in [0.25, 0.3) is 10.9 Å². The maximum absolute atomic E-state index is 14.0. The van der Waals surface area contributed by atoms with Crippen molar-refractivity contribution in [3.05, 3.63) is 107 Å². The number of aryl methyl sites for hydroxylation is 1. The van der Waals surface area contributed by atoms with Gasteiger partial charge in [0.05, 0.1) is 23.3 Å². The fourth-order valence-corrected chi connectivity index (χ4v) is 6.67. The van der Waals surface area contributed by atoms with Gasteiger partial charge in [0.2, 0.25) is 0 Å². The molecule has 0 radical (unpaired) electrons. The minimum Gasteiger partial charge on any atom is -0.464 e. The van der Waals surface area contributed by atoms with Crippen LogP contribution < -0.4 is 9.84 Å². The van der Waals surface area contributed by atoms with Crippen LogP contribution in [0.3, 0.4) is 0 Å². The average Bonchev–Trinajstić information content (AvgIpc) is 3.33. The molecule has 44 heavy (non-hydrogen) atoms. The number of fused-ring (bicyclic) bond motifs is 2. The number of halogens is 1. The third kappa shape index (κ3) is 6.49. The highest BCUT2D eigenvalue weighted by atomic mass is 31.2. The fraction of sp³-hybridized carbons (Fsp3) is 0.250. The summed E-state index contributed by atoms with van der Waals surface area (Å²) in [6, 6.07) is 17.5. The lowest BCUT2D eigenvalue weighted by atomic mass is 9.93.